The summed E-state index contributed by atoms with van der Waals surface area (Å²) < 4.78 is 24.5. The number of tetrazole rings is 1. The van der Waals surface area contributed by atoms with Gasteiger partial charge in [0.1, 0.15) is 23.2 Å². The molecule has 0 unspecified atom stereocenters. The molecule has 3 aromatic rings. The number of methoxy groups -OCH3 is 2. The molecule has 1 aromatic heterocycles. The third-order valence-electron chi connectivity index (χ3n) is 4.03. The molecule has 0 fully saturated rings. The molecule has 3 rings (SSSR count). The van der Waals surface area contributed by atoms with E-state index in [9.17, 15) is 9.18 Å². The number of carbonyl (C=O) groups is 1. The number of H-pyrrole nitrogens is 1. The molecule has 0 saturated heterocycles. The Kier molecular flexibility index (Phi) is 5.60. The fourth-order valence-corrected chi connectivity index (χ4v) is 2.66. The summed E-state index contributed by atoms with van der Waals surface area (Å²) in [5, 5.41) is 16.3. The van der Waals surface area contributed by atoms with Crippen molar-refractivity contribution in [2.24, 2.45) is 0 Å². The van der Waals surface area contributed by atoms with Crippen molar-refractivity contribution in [1.82, 2.24) is 20.6 Å². The van der Waals surface area contributed by atoms with Gasteiger partial charge in [0.25, 0.3) is 0 Å². The number of anilines is 1. The summed E-state index contributed by atoms with van der Waals surface area (Å²) in [4.78, 5) is 12.9. The highest BCUT2D eigenvalue weighted by molar-refractivity contribution is 5.95. The van der Waals surface area contributed by atoms with Gasteiger partial charge in [-0.05, 0) is 42.3 Å². The van der Waals surface area contributed by atoms with E-state index < -0.39 is 17.6 Å². The van der Waals surface area contributed by atoms with Gasteiger partial charge in [-0.15, -0.1) is 10.2 Å². The van der Waals surface area contributed by atoms with Gasteiger partial charge in [0.05, 0.1) is 19.9 Å². The molecule has 0 aliphatic carbocycles. The first-order valence-corrected chi connectivity index (χ1v) is 8.12. The van der Waals surface area contributed by atoms with Crippen LogP contribution in [0.2, 0.25) is 0 Å². The highest BCUT2D eigenvalue weighted by Crippen LogP contribution is 2.29. The topological polar surface area (TPSA) is 102 Å². The van der Waals surface area contributed by atoms with Crippen LogP contribution in [0.4, 0.5) is 10.1 Å². The molecule has 1 amide bonds. The van der Waals surface area contributed by atoms with E-state index >= 15 is 0 Å². The third-order valence-corrected chi connectivity index (χ3v) is 4.03. The molecule has 0 aliphatic rings. The monoisotopic (exact) mass is 371 g/mol. The molecule has 9 heteroatoms. The molecule has 0 saturated carbocycles. The maximum Gasteiger partial charge on any atom is 0.235 e. The number of ether oxygens (including phenoxy) is 2. The zero-order valence-electron chi connectivity index (χ0n) is 14.8. The summed E-state index contributed by atoms with van der Waals surface area (Å²) >= 11 is 0. The lowest BCUT2D eigenvalue weighted by molar-refractivity contribution is -0.117. The van der Waals surface area contributed by atoms with Crippen LogP contribution in [0.15, 0.2) is 42.5 Å². The van der Waals surface area contributed by atoms with Gasteiger partial charge in [-0.25, -0.2) is 4.39 Å². The van der Waals surface area contributed by atoms with Gasteiger partial charge in [-0.3, -0.25) is 4.79 Å². The Morgan fingerprint density at radius 2 is 2.04 bits per heavy atom. The van der Waals surface area contributed by atoms with Crippen LogP contribution in [-0.4, -0.2) is 40.8 Å². The number of hydrogen-bond donors (Lipinski definition) is 2. The van der Waals surface area contributed by atoms with Gasteiger partial charge in [0.2, 0.25) is 5.91 Å². The predicted octanol–water partition coefficient (Wildman–Crippen LogP) is 2.32. The second-order valence-electron chi connectivity index (χ2n) is 5.67. The lowest BCUT2D eigenvalue weighted by atomic mass is 9.96. The Morgan fingerprint density at radius 3 is 2.70 bits per heavy atom. The number of halogens is 1. The Hall–Kier alpha value is -3.49. The van der Waals surface area contributed by atoms with Crippen molar-refractivity contribution in [1.29, 1.82) is 0 Å². The lowest BCUT2D eigenvalue weighted by Gasteiger charge is -2.16. The van der Waals surface area contributed by atoms with Crippen molar-refractivity contribution in [2.75, 3.05) is 19.5 Å². The van der Waals surface area contributed by atoms with E-state index in [4.69, 9.17) is 9.47 Å². The van der Waals surface area contributed by atoms with Crippen molar-refractivity contribution in [3.8, 4) is 11.5 Å². The summed E-state index contributed by atoms with van der Waals surface area (Å²) in [6, 6.07) is 11.2. The first kappa shape index (κ1) is 18.3. The quantitative estimate of drug-likeness (QED) is 0.661. The van der Waals surface area contributed by atoms with E-state index in [0.717, 1.165) is 5.56 Å². The molecule has 1 heterocycles. The van der Waals surface area contributed by atoms with Crippen LogP contribution in [-0.2, 0) is 11.2 Å². The van der Waals surface area contributed by atoms with Crippen molar-refractivity contribution in [2.45, 2.75) is 12.3 Å². The highest BCUT2D eigenvalue weighted by Gasteiger charge is 2.27. The molecule has 8 nitrogen and oxygen atoms in total. The van der Waals surface area contributed by atoms with Crippen molar-refractivity contribution in [3.63, 3.8) is 0 Å². The van der Waals surface area contributed by atoms with E-state index in [1.165, 1.54) is 19.2 Å². The molecule has 0 aliphatic heterocycles. The molecule has 140 valence electrons. The van der Waals surface area contributed by atoms with E-state index in [1.807, 2.05) is 0 Å². The normalized spacial score (nSPS) is 11.7. The molecule has 1 atom stereocenters. The SMILES string of the molecule is COc1ccc(OC)c(C[C@H](C(=O)Nc2ccccc2F)c2nn[nH]n2)c1. The molecule has 2 aromatic carbocycles. The zero-order valence-corrected chi connectivity index (χ0v) is 14.8. The Balaban J connectivity index is 1.91. The highest BCUT2D eigenvalue weighted by atomic mass is 19.1. The molecular formula is C18H18FN5O3. The van der Waals surface area contributed by atoms with Gasteiger partial charge < -0.3 is 14.8 Å². The summed E-state index contributed by atoms with van der Waals surface area (Å²) in [7, 11) is 3.08. The van der Waals surface area contributed by atoms with Crippen molar-refractivity contribution in [3.05, 3.63) is 59.7 Å². The van der Waals surface area contributed by atoms with Crippen LogP contribution in [0.25, 0.3) is 0 Å². The summed E-state index contributed by atoms with van der Waals surface area (Å²) in [6.45, 7) is 0. The number of benzene rings is 2. The average molecular weight is 371 g/mol. The van der Waals surface area contributed by atoms with E-state index in [2.05, 4.69) is 25.9 Å². The molecule has 27 heavy (non-hydrogen) atoms. The smallest absolute Gasteiger partial charge is 0.235 e. The van der Waals surface area contributed by atoms with Crippen LogP contribution >= 0.6 is 0 Å². The van der Waals surface area contributed by atoms with Crippen molar-refractivity contribution >= 4 is 11.6 Å². The number of nitrogens with zero attached hydrogens (tertiary/aromatic N) is 3. The number of para-hydroxylation sites is 1. The minimum atomic E-state index is -0.815. The predicted molar refractivity (Wildman–Crippen MR) is 95.2 cm³/mol. The molecule has 0 radical (unpaired) electrons. The van der Waals surface area contributed by atoms with Gasteiger partial charge >= 0.3 is 0 Å². The van der Waals surface area contributed by atoms with Crippen LogP contribution < -0.4 is 14.8 Å². The number of amides is 1. The van der Waals surface area contributed by atoms with Crippen LogP contribution in [0, 0.1) is 5.82 Å². The number of rotatable bonds is 7. The first-order chi connectivity index (χ1) is 13.1. The number of hydrogen-bond acceptors (Lipinski definition) is 6. The minimum Gasteiger partial charge on any atom is -0.497 e. The van der Waals surface area contributed by atoms with E-state index in [0.29, 0.717) is 11.5 Å². The summed E-state index contributed by atoms with van der Waals surface area (Å²) in [5.41, 5.74) is 0.795. The lowest BCUT2D eigenvalue weighted by Crippen LogP contribution is -2.25. The number of aromatic nitrogens is 4. The fraction of sp³-hybridized carbons (Fsp3) is 0.222. The Morgan fingerprint density at radius 1 is 1.22 bits per heavy atom. The van der Waals surface area contributed by atoms with E-state index in [1.54, 1.807) is 37.4 Å². The van der Waals surface area contributed by atoms with Crippen LogP contribution in [0.5, 0.6) is 11.5 Å². The maximum atomic E-state index is 13.9. The third kappa shape index (κ3) is 4.20. The molecule has 2 N–H and O–H groups in total. The fourth-order valence-electron chi connectivity index (χ4n) is 2.66. The van der Waals surface area contributed by atoms with Gasteiger partial charge in [0.15, 0.2) is 5.82 Å². The number of carbonyl (C=O) groups excluding carboxylic acids is 1. The van der Waals surface area contributed by atoms with Gasteiger partial charge in [-0.2, -0.15) is 5.21 Å². The Labute approximate surface area is 154 Å². The minimum absolute atomic E-state index is 0.0774. The second-order valence-corrected chi connectivity index (χ2v) is 5.67. The molecule has 0 spiro atoms. The van der Waals surface area contributed by atoms with Crippen molar-refractivity contribution < 1.29 is 18.7 Å². The first-order valence-electron chi connectivity index (χ1n) is 8.12. The zero-order chi connectivity index (χ0) is 19.2. The summed E-state index contributed by atoms with van der Waals surface area (Å²) in [5.74, 6) is -0.420. The van der Waals surface area contributed by atoms with Crippen LogP contribution in [0.1, 0.15) is 17.3 Å². The number of nitrogens with one attached hydrogen (secondary N) is 2. The van der Waals surface area contributed by atoms with Gasteiger partial charge in [0, 0.05) is 0 Å². The Bertz CT molecular complexity index is 917. The van der Waals surface area contributed by atoms with Crippen LogP contribution in [0.3, 0.4) is 0 Å². The van der Waals surface area contributed by atoms with E-state index in [-0.39, 0.29) is 17.9 Å². The summed E-state index contributed by atoms with van der Waals surface area (Å²) in [6.07, 6.45) is 0.209. The molecule has 0 bridgehead atoms. The molecular weight excluding hydrogens is 353 g/mol. The number of aromatic amines is 1. The maximum absolute atomic E-state index is 13.9. The largest absolute Gasteiger partial charge is 0.497 e. The second kappa shape index (κ2) is 8.26. The average Bonchev–Trinajstić information content (AvgIpc) is 3.22. The standard InChI is InChI=1S/C18H18FN5O3/c1-26-12-7-8-16(27-2)11(9-12)10-13(17-21-23-24-22-17)18(25)20-15-6-4-3-5-14(15)19/h3-9,13H,10H2,1-2H3,(H,20,25)(H,21,22,23,24)/t13-/m0/s1. The van der Waals surface area contributed by atoms with Gasteiger partial charge in [-0.1, -0.05) is 17.3 Å².